The Hall–Kier alpha value is -3.33. The number of imidazole rings is 1. The fourth-order valence-corrected chi connectivity index (χ4v) is 4.53. The number of aryl methyl sites for hydroxylation is 1. The van der Waals surface area contributed by atoms with E-state index in [2.05, 4.69) is 29.0 Å². The molecule has 9 heteroatoms. The van der Waals surface area contributed by atoms with Crippen LogP contribution in [0, 0.1) is 6.92 Å². The van der Waals surface area contributed by atoms with Gasteiger partial charge >= 0.3 is 6.09 Å². The number of nitrogens with one attached hydrogen (secondary N) is 1. The summed E-state index contributed by atoms with van der Waals surface area (Å²) >= 11 is 0. The van der Waals surface area contributed by atoms with Crippen LogP contribution in [0.15, 0.2) is 66.1 Å². The van der Waals surface area contributed by atoms with Crippen LogP contribution in [0.2, 0.25) is 0 Å². The van der Waals surface area contributed by atoms with Gasteiger partial charge in [0.15, 0.2) is 0 Å². The number of rotatable bonds is 9. The minimum atomic E-state index is -3.75. The summed E-state index contributed by atoms with van der Waals surface area (Å²) < 4.78 is 32.1. The van der Waals surface area contributed by atoms with Gasteiger partial charge in [0.25, 0.3) is 0 Å². The zero-order chi connectivity index (χ0) is 23.1. The Morgan fingerprint density at radius 3 is 2.50 bits per heavy atom. The number of para-hydroxylation sites is 1. The van der Waals surface area contributed by atoms with Crippen molar-refractivity contribution in [2.75, 3.05) is 35.7 Å². The van der Waals surface area contributed by atoms with E-state index < -0.39 is 15.9 Å². The van der Waals surface area contributed by atoms with Crippen LogP contribution in [0.4, 0.5) is 16.2 Å². The van der Waals surface area contributed by atoms with Crippen LogP contribution in [0.3, 0.4) is 0 Å². The van der Waals surface area contributed by atoms with E-state index in [1.54, 1.807) is 18.3 Å². The molecule has 0 aliphatic heterocycles. The van der Waals surface area contributed by atoms with Crippen molar-refractivity contribution in [1.82, 2.24) is 9.55 Å². The maximum atomic E-state index is 12.7. The molecule has 1 amide bonds. The fraction of sp³-hybridized carbons (Fsp3) is 0.304. The van der Waals surface area contributed by atoms with E-state index in [-0.39, 0.29) is 17.5 Å². The smallest absolute Gasteiger partial charge is 0.411 e. The molecular weight excluding hydrogens is 428 g/mol. The van der Waals surface area contributed by atoms with Crippen molar-refractivity contribution in [3.05, 3.63) is 66.5 Å². The number of ether oxygens (including phenoxy) is 1. The number of carbonyl (C=O) groups excluding carboxylic acids is 1. The van der Waals surface area contributed by atoms with E-state index in [1.165, 1.54) is 10.8 Å². The Balaban J connectivity index is 1.59. The molecule has 1 aromatic heterocycles. The first-order valence-corrected chi connectivity index (χ1v) is 12.1. The molecule has 1 heterocycles. The molecule has 2 aromatic carbocycles. The second-order valence-corrected chi connectivity index (χ2v) is 9.17. The van der Waals surface area contributed by atoms with Crippen molar-refractivity contribution in [3.8, 4) is 5.69 Å². The summed E-state index contributed by atoms with van der Waals surface area (Å²) in [5.74, 6) is -0.371. The number of anilines is 2. The Labute approximate surface area is 188 Å². The van der Waals surface area contributed by atoms with Crippen molar-refractivity contribution in [1.29, 1.82) is 0 Å². The minimum Gasteiger partial charge on any atom is -0.448 e. The lowest BCUT2D eigenvalue weighted by Crippen LogP contribution is -2.22. The molecule has 0 saturated heterocycles. The average molecular weight is 457 g/mol. The largest absolute Gasteiger partial charge is 0.448 e. The van der Waals surface area contributed by atoms with E-state index in [1.807, 2.05) is 43.3 Å². The molecule has 0 aliphatic carbocycles. The van der Waals surface area contributed by atoms with Crippen LogP contribution in [-0.4, -0.2) is 49.5 Å². The monoisotopic (exact) mass is 456 g/mol. The second kappa shape index (κ2) is 10.3. The minimum absolute atomic E-state index is 0.0875. The Morgan fingerprint density at radius 1 is 1.12 bits per heavy atom. The molecule has 3 aromatic rings. The summed E-state index contributed by atoms with van der Waals surface area (Å²) in [6.07, 6.45) is 2.31. The third-order valence-corrected chi connectivity index (χ3v) is 6.64. The first kappa shape index (κ1) is 23.3. The van der Waals surface area contributed by atoms with Crippen molar-refractivity contribution in [2.24, 2.45) is 0 Å². The topological polar surface area (TPSA) is 93.5 Å². The number of hydrogen-bond donors (Lipinski definition) is 1. The number of amides is 1. The molecule has 0 spiro atoms. The van der Waals surface area contributed by atoms with Crippen LogP contribution in [0.1, 0.15) is 19.4 Å². The van der Waals surface area contributed by atoms with Crippen molar-refractivity contribution in [2.45, 2.75) is 25.9 Å². The zero-order valence-corrected chi connectivity index (χ0v) is 19.3. The lowest BCUT2D eigenvalue weighted by molar-refractivity contribution is 0.168. The molecule has 1 N–H and O–H groups in total. The molecule has 170 valence electrons. The highest BCUT2D eigenvalue weighted by atomic mass is 32.2. The van der Waals surface area contributed by atoms with E-state index in [0.29, 0.717) is 11.4 Å². The van der Waals surface area contributed by atoms with Crippen LogP contribution in [-0.2, 0) is 14.6 Å². The molecule has 0 fully saturated rings. The van der Waals surface area contributed by atoms with Gasteiger partial charge in [-0.15, -0.1) is 0 Å². The summed E-state index contributed by atoms with van der Waals surface area (Å²) in [6.45, 7) is 7.57. The first-order chi connectivity index (χ1) is 15.4. The van der Waals surface area contributed by atoms with Crippen LogP contribution in [0.25, 0.3) is 5.69 Å². The number of sulfone groups is 1. The molecule has 0 atom stereocenters. The number of benzene rings is 2. The Bertz CT molecular complexity index is 1160. The van der Waals surface area contributed by atoms with Gasteiger partial charge in [-0.25, -0.2) is 18.2 Å². The predicted molar refractivity (Wildman–Crippen MR) is 125 cm³/mol. The highest BCUT2D eigenvalue weighted by Crippen LogP contribution is 2.23. The van der Waals surface area contributed by atoms with Gasteiger partial charge in [0.1, 0.15) is 6.61 Å². The number of aromatic nitrogens is 2. The van der Waals surface area contributed by atoms with Crippen LogP contribution < -0.4 is 10.2 Å². The maximum Gasteiger partial charge on any atom is 0.411 e. The summed E-state index contributed by atoms with van der Waals surface area (Å²) in [5, 5.41) is 2.59. The van der Waals surface area contributed by atoms with E-state index in [0.717, 1.165) is 24.3 Å². The van der Waals surface area contributed by atoms with Gasteiger partial charge in [-0.3, -0.25) is 9.88 Å². The van der Waals surface area contributed by atoms with Gasteiger partial charge in [-0.2, -0.15) is 0 Å². The summed E-state index contributed by atoms with van der Waals surface area (Å²) in [7, 11) is -3.75. The van der Waals surface area contributed by atoms with E-state index in [9.17, 15) is 13.2 Å². The molecule has 0 radical (unpaired) electrons. The van der Waals surface area contributed by atoms with Gasteiger partial charge in [-0.05, 0) is 56.7 Å². The van der Waals surface area contributed by atoms with E-state index in [4.69, 9.17) is 4.74 Å². The third kappa shape index (κ3) is 5.47. The van der Waals surface area contributed by atoms with Crippen LogP contribution >= 0.6 is 0 Å². The quantitative estimate of drug-likeness (QED) is 0.522. The molecular formula is C23H28N4O4S. The van der Waals surface area contributed by atoms with Gasteiger partial charge in [-0.1, -0.05) is 18.2 Å². The molecule has 32 heavy (non-hydrogen) atoms. The van der Waals surface area contributed by atoms with Crippen molar-refractivity contribution in [3.63, 3.8) is 0 Å². The van der Waals surface area contributed by atoms with E-state index >= 15 is 0 Å². The molecule has 8 nitrogen and oxygen atoms in total. The van der Waals surface area contributed by atoms with Gasteiger partial charge in [0.05, 0.1) is 5.75 Å². The van der Waals surface area contributed by atoms with Gasteiger partial charge in [0.2, 0.25) is 15.0 Å². The fourth-order valence-electron chi connectivity index (χ4n) is 3.36. The van der Waals surface area contributed by atoms with Crippen molar-refractivity contribution < 1.29 is 17.9 Å². The summed E-state index contributed by atoms with van der Waals surface area (Å²) in [4.78, 5) is 18.4. The normalized spacial score (nSPS) is 11.2. The first-order valence-electron chi connectivity index (χ1n) is 10.5. The molecule has 0 saturated carbocycles. The van der Waals surface area contributed by atoms with Crippen LogP contribution in [0.5, 0.6) is 0 Å². The molecule has 0 unspecified atom stereocenters. The highest BCUT2D eigenvalue weighted by molar-refractivity contribution is 7.91. The summed E-state index contributed by atoms with van der Waals surface area (Å²) in [5.41, 5.74) is 3.27. The second-order valence-electron chi connectivity index (χ2n) is 7.17. The number of hydrogen-bond acceptors (Lipinski definition) is 6. The molecule has 0 aliphatic rings. The standard InChI is InChI=1S/C23H28N4O4S/c1-4-26(5-2)20-11-12-21(18(3)17-20)25-23(28)31-15-16-32(29,30)22-24-13-14-27(22)19-9-7-6-8-10-19/h6-14,17H,4-5,15-16H2,1-3H3,(H,25,28). The van der Waals surface area contributed by atoms with Gasteiger partial charge < -0.3 is 9.64 Å². The van der Waals surface area contributed by atoms with Gasteiger partial charge in [0, 0.05) is 42.5 Å². The third-order valence-electron chi connectivity index (χ3n) is 5.08. The molecule has 0 bridgehead atoms. The molecule has 3 rings (SSSR count). The maximum absolute atomic E-state index is 12.7. The SMILES string of the molecule is CCN(CC)c1ccc(NC(=O)OCCS(=O)(=O)c2nccn2-c2ccccc2)c(C)c1. The highest BCUT2D eigenvalue weighted by Gasteiger charge is 2.22. The lowest BCUT2D eigenvalue weighted by atomic mass is 10.1. The predicted octanol–water partition coefficient (Wildman–Crippen LogP) is 4.05. The number of carbonyl (C=O) groups is 1. The number of nitrogens with zero attached hydrogens (tertiary/aromatic N) is 3. The Morgan fingerprint density at radius 2 is 1.84 bits per heavy atom. The summed E-state index contributed by atoms with van der Waals surface area (Å²) in [6, 6.07) is 14.8. The Kier molecular flexibility index (Phi) is 7.53. The average Bonchev–Trinajstić information content (AvgIpc) is 3.28. The zero-order valence-electron chi connectivity index (χ0n) is 18.5. The lowest BCUT2D eigenvalue weighted by Gasteiger charge is -2.22. The van der Waals surface area contributed by atoms with Crippen molar-refractivity contribution >= 4 is 27.3 Å².